The zero-order valence-electron chi connectivity index (χ0n) is 11.3. The first-order chi connectivity index (χ1) is 9.43. The highest BCUT2D eigenvalue weighted by molar-refractivity contribution is 7.89. The third kappa shape index (κ3) is 2.95. The number of nitrogens with zero attached hydrogens (tertiary/aromatic N) is 1. The average molecular weight is 311 g/mol. The van der Waals surface area contributed by atoms with Gasteiger partial charge in [-0.05, 0) is 34.5 Å². The number of rotatable bonds is 5. The molecule has 0 saturated heterocycles. The maximum atomic E-state index is 12.2. The van der Waals surface area contributed by atoms with Crippen LogP contribution >= 0.6 is 11.3 Å². The zero-order valence-corrected chi connectivity index (χ0v) is 13.0. The second-order valence-corrected chi connectivity index (χ2v) is 7.39. The summed E-state index contributed by atoms with van der Waals surface area (Å²) >= 11 is 1.62. The Morgan fingerprint density at radius 1 is 1.30 bits per heavy atom. The molecule has 20 heavy (non-hydrogen) atoms. The molecule has 5 nitrogen and oxygen atoms in total. The lowest BCUT2D eigenvalue weighted by atomic mass is 10.2. The van der Waals surface area contributed by atoms with Gasteiger partial charge in [0.25, 0.3) is 0 Å². The van der Waals surface area contributed by atoms with Crippen molar-refractivity contribution in [3.63, 3.8) is 0 Å². The Balaban J connectivity index is 2.28. The van der Waals surface area contributed by atoms with E-state index >= 15 is 0 Å². The highest BCUT2D eigenvalue weighted by Crippen LogP contribution is 2.28. The van der Waals surface area contributed by atoms with Gasteiger partial charge in [0, 0.05) is 20.6 Å². The summed E-state index contributed by atoms with van der Waals surface area (Å²) < 4.78 is 25.5. The van der Waals surface area contributed by atoms with Gasteiger partial charge in [-0.3, -0.25) is 0 Å². The molecule has 0 bridgehead atoms. The Kier molecular flexibility index (Phi) is 4.32. The van der Waals surface area contributed by atoms with E-state index in [1.807, 2.05) is 16.8 Å². The van der Waals surface area contributed by atoms with Crippen LogP contribution in [0.4, 0.5) is 11.4 Å². The molecule has 0 radical (unpaired) electrons. The van der Waals surface area contributed by atoms with E-state index in [2.05, 4.69) is 5.32 Å². The first-order valence-electron chi connectivity index (χ1n) is 5.99. The molecular weight excluding hydrogens is 294 g/mol. The summed E-state index contributed by atoms with van der Waals surface area (Å²) in [7, 11) is -0.559. The van der Waals surface area contributed by atoms with Crippen LogP contribution in [0.15, 0.2) is 39.9 Å². The number of hydrogen-bond acceptors (Lipinski definition) is 5. The molecule has 1 heterocycles. The highest BCUT2D eigenvalue weighted by Gasteiger charge is 2.21. The van der Waals surface area contributed by atoms with Crippen LogP contribution in [0.1, 0.15) is 5.56 Å². The van der Waals surface area contributed by atoms with E-state index in [1.54, 1.807) is 23.5 Å². The average Bonchev–Trinajstić information content (AvgIpc) is 2.90. The normalized spacial score (nSPS) is 11.8. The Morgan fingerprint density at radius 2 is 2.05 bits per heavy atom. The van der Waals surface area contributed by atoms with Crippen molar-refractivity contribution in [2.45, 2.75) is 11.4 Å². The number of sulfonamides is 1. The predicted molar refractivity (Wildman–Crippen MR) is 83.4 cm³/mol. The zero-order chi connectivity index (χ0) is 14.8. The van der Waals surface area contributed by atoms with Gasteiger partial charge in [-0.1, -0.05) is 6.07 Å². The van der Waals surface area contributed by atoms with Crippen LogP contribution in [-0.4, -0.2) is 26.8 Å². The van der Waals surface area contributed by atoms with Crippen molar-refractivity contribution in [3.05, 3.63) is 40.6 Å². The van der Waals surface area contributed by atoms with Gasteiger partial charge in [0.15, 0.2) is 0 Å². The van der Waals surface area contributed by atoms with Crippen LogP contribution in [0.5, 0.6) is 0 Å². The molecule has 3 N–H and O–H groups in total. The monoisotopic (exact) mass is 311 g/mol. The summed E-state index contributed by atoms with van der Waals surface area (Å²) in [6, 6.07) is 6.98. The maximum absolute atomic E-state index is 12.2. The van der Waals surface area contributed by atoms with E-state index in [1.165, 1.54) is 20.2 Å². The Morgan fingerprint density at radius 3 is 2.65 bits per heavy atom. The first-order valence-corrected chi connectivity index (χ1v) is 8.37. The smallest absolute Gasteiger partial charge is 0.244 e. The van der Waals surface area contributed by atoms with Gasteiger partial charge in [-0.25, -0.2) is 12.7 Å². The number of nitrogen functional groups attached to an aromatic ring is 1. The fourth-order valence-electron chi connectivity index (χ4n) is 1.71. The van der Waals surface area contributed by atoms with Crippen molar-refractivity contribution in [1.29, 1.82) is 0 Å². The number of nitrogens with two attached hydrogens (primary N) is 1. The van der Waals surface area contributed by atoms with E-state index in [0.29, 0.717) is 12.2 Å². The third-order valence-electron chi connectivity index (χ3n) is 2.89. The maximum Gasteiger partial charge on any atom is 0.244 e. The molecule has 1 aromatic carbocycles. The first kappa shape index (κ1) is 14.8. The second-order valence-electron chi connectivity index (χ2n) is 4.49. The standard InChI is InChI=1S/C13H17N3O2S2/c1-16(2)20(17,18)12-5-3-4-11(13(12)14)15-8-10-6-7-19-9-10/h3-7,9,15H,8,14H2,1-2H3. The number of benzene rings is 1. The molecule has 1 aromatic heterocycles. The van der Waals surface area contributed by atoms with Crippen LogP contribution in [0.25, 0.3) is 0 Å². The minimum Gasteiger partial charge on any atom is -0.396 e. The lowest BCUT2D eigenvalue weighted by Crippen LogP contribution is -2.23. The molecule has 7 heteroatoms. The molecule has 0 atom stereocenters. The Bertz CT molecular complexity index is 680. The SMILES string of the molecule is CN(C)S(=O)(=O)c1cccc(NCc2ccsc2)c1N. The van der Waals surface area contributed by atoms with Crippen molar-refractivity contribution in [2.24, 2.45) is 0 Å². The number of para-hydroxylation sites is 1. The van der Waals surface area contributed by atoms with Gasteiger partial charge in [-0.2, -0.15) is 11.3 Å². The van der Waals surface area contributed by atoms with Gasteiger partial charge in [0.05, 0.1) is 11.4 Å². The molecular formula is C13H17N3O2S2. The van der Waals surface area contributed by atoms with Crippen LogP contribution in [0.3, 0.4) is 0 Å². The fourth-order valence-corrected chi connectivity index (χ4v) is 3.41. The van der Waals surface area contributed by atoms with E-state index in [-0.39, 0.29) is 10.6 Å². The molecule has 2 rings (SSSR count). The van der Waals surface area contributed by atoms with Crippen molar-refractivity contribution in [1.82, 2.24) is 4.31 Å². The van der Waals surface area contributed by atoms with E-state index in [0.717, 1.165) is 9.87 Å². The summed E-state index contributed by atoms with van der Waals surface area (Å²) in [5.41, 5.74) is 7.99. The summed E-state index contributed by atoms with van der Waals surface area (Å²) in [5, 5.41) is 7.19. The topological polar surface area (TPSA) is 75.4 Å². The molecule has 0 aliphatic rings. The van der Waals surface area contributed by atoms with E-state index < -0.39 is 10.0 Å². The molecule has 0 fully saturated rings. The van der Waals surface area contributed by atoms with Crippen LogP contribution in [0.2, 0.25) is 0 Å². The van der Waals surface area contributed by atoms with Crippen molar-refractivity contribution in [2.75, 3.05) is 25.1 Å². The molecule has 0 spiro atoms. The molecule has 0 amide bonds. The van der Waals surface area contributed by atoms with Crippen molar-refractivity contribution < 1.29 is 8.42 Å². The fraction of sp³-hybridized carbons (Fsp3) is 0.231. The third-order valence-corrected chi connectivity index (χ3v) is 5.49. The summed E-state index contributed by atoms with van der Waals surface area (Å²) in [6.45, 7) is 0.610. The van der Waals surface area contributed by atoms with Crippen molar-refractivity contribution >= 4 is 32.7 Å². The largest absolute Gasteiger partial charge is 0.396 e. The van der Waals surface area contributed by atoms with Gasteiger partial charge >= 0.3 is 0 Å². The number of nitrogens with one attached hydrogen (secondary N) is 1. The molecule has 0 aliphatic heterocycles. The molecule has 0 aliphatic carbocycles. The van der Waals surface area contributed by atoms with Crippen LogP contribution in [0, 0.1) is 0 Å². The highest BCUT2D eigenvalue weighted by atomic mass is 32.2. The Hall–Kier alpha value is -1.57. The van der Waals surface area contributed by atoms with Gasteiger partial charge < -0.3 is 11.1 Å². The van der Waals surface area contributed by atoms with Gasteiger partial charge in [0.1, 0.15) is 4.90 Å². The lowest BCUT2D eigenvalue weighted by molar-refractivity contribution is 0.521. The molecule has 0 unspecified atom stereocenters. The Labute approximate surface area is 123 Å². The summed E-state index contributed by atoms with van der Waals surface area (Å²) in [5.74, 6) is 0. The van der Waals surface area contributed by atoms with Gasteiger partial charge in [0.2, 0.25) is 10.0 Å². The molecule has 108 valence electrons. The summed E-state index contributed by atoms with van der Waals surface area (Å²) in [4.78, 5) is 0.123. The van der Waals surface area contributed by atoms with Gasteiger partial charge in [-0.15, -0.1) is 0 Å². The predicted octanol–water partition coefficient (Wildman–Crippen LogP) is 2.19. The van der Waals surface area contributed by atoms with Crippen molar-refractivity contribution in [3.8, 4) is 0 Å². The molecule has 0 saturated carbocycles. The lowest BCUT2D eigenvalue weighted by Gasteiger charge is -2.16. The number of anilines is 2. The quantitative estimate of drug-likeness (QED) is 0.830. The van der Waals surface area contributed by atoms with E-state index in [9.17, 15) is 8.42 Å². The van der Waals surface area contributed by atoms with Crippen LogP contribution in [-0.2, 0) is 16.6 Å². The van der Waals surface area contributed by atoms with Crippen LogP contribution < -0.4 is 11.1 Å². The molecule has 2 aromatic rings. The number of thiophene rings is 1. The van der Waals surface area contributed by atoms with E-state index in [4.69, 9.17) is 5.73 Å². The second kappa shape index (κ2) is 5.82. The summed E-state index contributed by atoms with van der Waals surface area (Å²) in [6.07, 6.45) is 0. The minimum absolute atomic E-state index is 0.123. The minimum atomic E-state index is -3.53. The number of hydrogen-bond donors (Lipinski definition) is 2.